The summed E-state index contributed by atoms with van der Waals surface area (Å²) in [5.41, 5.74) is 3.06. The predicted molar refractivity (Wildman–Crippen MR) is 74.5 cm³/mol. The molecule has 0 aliphatic carbocycles. The van der Waals surface area contributed by atoms with Gasteiger partial charge in [0.25, 0.3) is 0 Å². The molecule has 0 atom stereocenters. The van der Waals surface area contributed by atoms with Crippen LogP contribution in [0.25, 0.3) is 0 Å². The molecule has 0 spiro atoms. The molecule has 94 valence electrons. The molecule has 0 saturated carbocycles. The Bertz CT molecular complexity index is 354. The standard InChI is InChI=1S/C15H24N2/c1-13-4-6-14(7-5-13)16-9-11-17-10-8-15(2,3)12-17/h4-7,16H,8-12H2,1-3H3. The average molecular weight is 232 g/mol. The van der Waals surface area contributed by atoms with Crippen molar-refractivity contribution in [3.05, 3.63) is 29.8 Å². The highest BCUT2D eigenvalue weighted by Gasteiger charge is 2.28. The third-order valence-corrected chi connectivity index (χ3v) is 3.57. The summed E-state index contributed by atoms with van der Waals surface area (Å²) in [6.45, 7) is 11.5. The van der Waals surface area contributed by atoms with Crippen molar-refractivity contribution < 1.29 is 0 Å². The van der Waals surface area contributed by atoms with Gasteiger partial charge in [-0.2, -0.15) is 0 Å². The highest BCUT2D eigenvalue weighted by Crippen LogP contribution is 2.28. The fourth-order valence-corrected chi connectivity index (χ4v) is 2.44. The highest BCUT2D eigenvalue weighted by molar-refractivity contribution is 5.44. The van der Waals surface area contributed by atoms with Gasteiger partial charge in [-0.05, 0) is 37.4 Å². The average Bonchev–Trinajstić information content (AvgIpc) is 2.61. The van der Waals surface area contributed by atoms with E-state index in [0.29, 0.717) is 5.41 Å². The summed E-state index contributed by atoms with van der Waals surface area (Å²) < 4.78 is 0. The van der Waals surface area contributed by atoms with Crippen LogP contribution in [0.15, 0.2) is 24.3 Å². The minimum absolute atomic E-state index is 0.518. The lowest BCUT2D eigenvalue weighted by Gasteiger charge is -2.20. The summed E-state index contributed by atoms with van der Waals surface area (Å²) in [7, 11) is 0. The molecule has 0 amide bonds. The molecule has 2 rings (SSSR count). The molecule has 1 fully saturated rings. The number of benzene rings is 1. The third kappa shape index (κ3) is 3.74. The van der Waals surface area contributed by atoms with Crippen molar-refractivity contribution >= 4 is 5.69 Å². The van der Waals surface area contributed by atoms with E-state index in [1.165, 1.54) is 30.8 Å². The van der Waals surface area contributed by atoms with Crippen LogP contribution >= 0.6 is 0 Å². The molecule has 17 heavy (non-hydrogen) atoms. The van der Waals surface area contributed by atoms with Crippen LogP contribution in [0.2, 0.25) is 0 Å². The summed E-state index contributed by atoms with van der Waals surface area (Å²) in [6.07, 6.45) is 1.33. The number of nitrogens with zero attached hydrogens (tertiary/aromatic N) is 1. The van der Waals surface area contributed by atoms with Crippen LogP contribution in [0.1, 0.15) is 25.8 Å². The van der Waals surface area contributed by atoms with Gasteiger partial charge >= 0.3 is 0 Å². The molecule has 1 aliphatic rings. The topological polar surface area (TPSA) is 15.3 Å². The molecule has 1 N–H and O–H groups in total. The molecule has 2 heteroatoms. The van der Waals surface area contributed by atoms with Crippen LogP contribution in [0.5, 0.6) is 0 Å². The lowest BCUT2D eigenvalue weighted by atomic mass is 9.93. The maximum absolute atomic E-state index is 3.48. The van der Waals surface area contributed by atoms with Gasteiger partial charge in [-0.25, -0.2) is 0 Å². The Balaban J connectivity index is 1.71. The highest BCUT2D eigenvalue weighted by atomic mass is 15.2. The van der Waals surface area contributed by atoms with Gasteiger partial charge in [0.2, 0.25) is 0 Å². The number of hydrogen-bond donors (Lipinski definition) is 1. The van der Waals surface area contributed by atoms with Gasteiger partial charge in [0, 0.05) is 25.3 Å². The van der Waals surface area contributed by atoms with E-state index >= 15 is 0 Å². The van der Waals surface area contributed by atoms with Crippen molar-refractivity contribution in [3.63, 3.8) is 0 Å². The summed E-state index contributed by atoms with van der Waals surface area (Å²) >= 11 is 0. The van der Waals surface area contributed by atoms with E-state index in [0.717, 1.165) is 13.1 Å². The first-order chi connectivity index (χ1) is 8.05. The largest absolute Gasteiger partial charge is 0.384 e. The zero-order chi connectivity index (χ0) is 12.3. The molecule has 1 aliphatic heterocycles. The maximum Gasteiger partial charge on any atom is 0.0340 e. The Hall–Kier alpha value is -1.02. The smallest absolute Gasteiger partial charge is 0.0340 e. The Morgan fingerprint density at radius 3 is 2.53 bits per heavy atom. The van der Waals surface area contributed by atoms with Gasteiger partial charge in [-0.15, -0.1) is 0 Å². The Kier molecular flexibility index (Phi) is 3.72. The van der Waals surface area contributed by atoms with Crippen LogP contribution in [0, 0.1) is 12.3 Å². The maximum atomic E-state index is 3.48. The zero-order valence-corrected chi connectivity index (χ0v) is 11.3. The van der Waals surface area contributed by atoms with E-state index < -0.39 is 0 Å². The Morgan fingerprint density at radius 2 is 1.94 bits per heavy atom. The van der Waals surface area contributed by atoms with Crippen molar-refractivity contribution in [3.8, 4) is 0 Å². The van der Waals surface area contributed by atoms with Gasteiger partial charge in [-0.3, -0.25) is 0 Å². The number of likely N-dealkylation sites (tertiary alicyclic amines) is 1. The number of rotatable bonds is 4. The number of aryl methyl sites for hydroxylation is 1. The third-order valence-electron chi connectivity index (χ3n) is 3.57. The SMILES string of the molecule is Cc1ccc(NCCN2CCC(C)(C)C2)cc1. The van der Waals surface area contributed by atoms with Gasteiger partial charge in [0.1, 0.15) is 0 Å². The van der Waals surface area contributed by atoms with Crippen molar-refractivity contribution in [1.82, 2.24) is 4.90 Å². The van der Waals surface area contributed by atoms with Gasteiger partial charge < -0.3 is 10.2 Å². The second-order valence-electron chi connectivity index (χ2n) is 5.98. The molecule has 2 nitrogen and oxygen atoms in total. The summed E-state index contributed by atoms with van der Waals surface area (Å²) in [4.78, 5) is 2.56. The van der Waals surface area contributed by atoms with E-state index in [1.54, 1.807) is 0 Å². The van der Waals surface area contributed by atoms with Crippen molar-refractivity contribution in [2.75, 3.05) is 31.5 Å². The van der Waals surface area contributed by atoms with E-state index in [2.05, 4.69) is 55.3 Å². The molecule has 1 aromatic carbocycles. The zero-order valence-electron chi connectivity index (χ0n) is 11.3. The first kappa shape index (κ1) is 12.4. The van der Waals surface area contributed by atoms with Gasteiger partial charge in [0.05, 0.1) is 0 Å². The normalized spacial score (nSPS) is 19.5. The lowest BCUT2D eigenvalue weighted by Crippen LogP contribution is -2.28. The molecular formula is C15H24N2. The summed E-state index contributed by atoms with van der Waals surface area (Å²) in [5.74, 6) is 0. The van der Waals surface area contributed by atoms with E-state index in [9.17, 15) is 0 Å². The lowest BCUT2D eigenvalue weighted by molar-refractivity contribution is 0.300. The first-order valence-electron chi connectivity index (χ1n) is 6.58. The van der Waals surface area contributed by atoms with E-state index in [4.69, 9.17) is 0 Å². The fraction of sp³-hybridized carbons (Fsp3) is 0.600. The van der Waals surface area contributed by atoms with Gasteiger partial charge in [0.15, 0.2) is 0 Å². The minimum atomic E-state index is 0.518. The van der Waals surface area contributed by atoms with Crippen LogP contribution in [0.4, 0.5) is 5.69 Å². The van der Waals surface area contributed by atoms with Gasteiger partial charge in [-0.1, -0.05) is 31.5 Å². The molecule has 0 bridgehead atoms. The van der Waals surface area contributed by atoms with Crippen LogP contribution in [0.3, 0.4) is 0 Å². The van der Waals surface area contributed by atoms with Crippen molar-refractivity contribution in [1.29, 1.82) is 0 Å². The summed E-state index contributed by atoms with van der Waals surface area (Å²) in [5, 5.41) is 3.48. The minimum Gasteiger partial charge on any atom is -0.384 e. The first-order valence-corrected chi connectivity index (χ1v) is 6.58. The monoisotopic (exact) mass is 232 g/mol. The molecule has 1 saturated heterocycles. The predicted octanol–water partition coefficient (Wildman–Crippen LogP) is 3.14. The quantitative estimate of drug-likeness (QED) is 0.858. The molecule has 0 radical (unpaired) electrons. The summed E-state index contributed by atoms with van der Waals surface area (Å²) in [6, 6.07) is 8.62. The molecule has 0 unspecified atom stereocenters. The fourth-order valence-electron chi connectivity index (χ4n) is 2.44. The molecule has 1 heterocycles. The van der Waals surface area contributed by atoms with Crippen molar-refractivity contribution in [2.24, 2.45) is 5.41 Å². The van der Waals surface area contributed by atoms with E-state index in [-0.39, 0.29) is 0 Å². The second-order valence-corrected chi connectivity index (χ2v) is 5.98. The number of nitrogens with one attached hydrogen (secondary N) is 1. The molecule has 1 aromatic rings. The Morgan fingerprint density at radius 1 is 1.24 bits per heavy atom. The number of hydrogen-bond acceptors (Lipinski definition) is 2. The van der Waals surface area contributed by atoms with Crippen LogP contribution < -0.4 is 5.32 Å². The molecular weight excluding hydrogens is 208 g/mol. The van der Waals surface area contributed by atoms with Crippen molar-refractivity contribution in [2.45, 2.75) is 27.2 Å². The van der Waals surface area contributed by atoms with Crippen LogP contribution in [-0.2, 0) is 0 Å². The Labute approximate surface area is 105 Å². The second kappa shape index (κ2) is 5.09. The molecule has 0 aromatic heterocycles. The number of anilines is 1. The van der Waals surface area contributed by atoms with E-state index in [1.807, 2.05) is 0 Å². The van der Waals surface area contributed by atoms with Crippen LogP contribution in [-0.4, -0.2) is 31.1 Å².